The van der Waals surface area contributed by atoms with Crippen LogP contribution in [0.25, 0.3) is 11.4 Å². The van der Waals surface area contributed by atoms with Gasteiger partial charge in [0, 0.05) is 43.9 Å². The molecule has 36 heavy (non-hydrogen) atoms. The smallest absolute Gasteiger partial charge is 0.333 e. The number of ether oxygens (including phenoxy) is 1. The van der Waals surface area contributed by atoms with Crippen molar-refractivity contribution in [2.45, 2.75) is 19.1 Å². The molecule has 0 amide bonds. The lowest BCUT2D eigenvalue weighted by molar-refractivity contribution is 0.0567. The Bertz CT molecular complexity index is 1300. The van der Waals surface area contributed by atoms with Gasteiger partial charge in [0.2, 0.25) is 5.95 Å². The van der Waals surface area contributed by atoms with Crippen LogP contribution in [0.2, 0.25) is 5.15 Å². The number of aliphatic hydroxyl groups excluding tert-OH is 1. The van der Waals surface area contributed by atoms with Crippen LogP contribution in [-0.2, 0) is 16.3 Å². The molecule has 1 aliphatic heterocycles. The van der Waals surface area contributed by atoms with Crippen LogP contribution in [0, 0.1) is 0 Å². The number of sulfone groups is 1. The van der Waals surface area contributed by atoms with Gasteiger partial charge in [-0.3, -0.25) is 4.90 Å². The summed E-state index contributed by atoms with van der Waals surface area (Å²) in [6.45, 7) is -1.65. The van der Waals surface area contributed by atoms with Gasteiger partial charge >= 0.3 is 6.55 Å². The quantitative estimate of drug-likeness (QED) is 0.410. The first-order valence-electron chi connectivity index (χ1n) is 11.1. The van der Waals surface area contributed by atoms with Gasteiger partial charge in [0.05, 0.1) is 23.3 Å². The Morgan fingerprint density at radius 3 is 2.78 bits per heavy atom. The molecule has 0 bridgehead atoms. The van der Waals surface area contributed by atoms with Gasteiger partial charge < -0.3 is 15.6 Å². The van der Waals surface area contributed by atoms with Crippen molar-refractivity contribution in [3.8, 4) is 17.1 Å². The first kappa shape index (κ1) is 26.2. The van der Waals surface area contributed by atoms with Gasteiger partial charge in [0.15, 0.2) is 9.84 Å². The van der Waals surface area contributed by atoms with Gasteiger partial charge in [-0.1, -0.05) is 29.8 Å². The number of benzene rings is 1. The lowest BCUT2D eigenvalue weighted by atomic mass is 10.0. The number of aromatic nitrogens is 4. The third kappa shape index (κ3) is 6.66. The fourth-order valence-corrected chi connectivity index (χ4v) is 5.59. The Morgan fingerprint density at radius 1 is 1.25 bits per heavy atom. The van der Waals surface area contributed by atoms with Crippen molar-refractivity contribution in [3.63, 3.8) is 0 Å². The molecule has 1 aliphatic rings. The molecule has 14 heteroatoms. The van der Waals surface area contributed by atoms with E-state index in [0.29, 0.717) is 29.1 Å². The highest BCUT2D eigenvalue weighted by atomic mass is 35.5. The monoisotopic (exact) mass is 542 g/mol. The molecule has 1 atom stereocenters. The number of rotatable bonds is 8. The summed E-state index contributed by atoms with van der Waals surface area (Å²) in [5, 5.41) is 14.0. The summed E-state index contributed by atoms with van der Waals surface area (Å²) in [5.41, 5.74) is 7.27. The normalized spacial score (nSPS) is 18.3. The summed E-state index contributed by atoms with van der Waals surface area (Å²) in [7, 11) is -3.28. The van der Waals surface area contributed by atoms with Crippen molar-refractivity contribution < 1.29 is 27.0 Å². The molecule has 2 aromatic heterocycles. The third-order valence-electron chi connectivity index (χ3n) is 5.61. The highest BCUT2D eigenvalue weighted by Crippen LogP contribution is 2.29. The summed E-state index contributed by atoms with van der Waals surface area (Å²) < 4.78 is 57.1. The standard InChI is InChI=1S/C22H25ClF2N6O4S/c23-19-10-17(27-22(26)28-19)20-15(11-31(29-20)21(24)25)9-14-3-1-2-4-18(14)35-7-5-30-6-8-36(33,34)13-16(32)12-30/h1-4,10-11,16,21,32H,5-9,12-13H2,(H2,26,27,28). The maximum absolute atomic E-state index is 13.4. The molecule has 0 aliphatic carbocycles. The zero-order valence-electron chi connectivity index (χ0n) is 19.1. The minimum absolute atomic E-state index is 0.0187. The van der Waals surface area contributed by atoms with Gasteiger partial charge in [-0.05, 0) is 11.6 Å². The van der Waals surface area contributed by atoms with E-state index in [1.807, 2.05) is 11.0 Å². The molecule has 3 N–H and O–H groups in total. The fraction of sp³-hybridized carbons (Fsp3) is 0.409. The van der Waals surface area contributed by atoms with Gasteiger partial charge in [-0.25, -0.2) is 23.1 Å². The predicted octanol–water partition coefficient (Wildman–Crippen LogP) is 2.03. The molecule has 4 rings (SSSR count). The second kappa shape index (κ2) is 11.0. The van der Waals surface area contributed by atoms with Crippen LogP contribution in [0.5, 0.6) is 5.75 Å². The number of β-amino-alcohol motifs (C(OH)–C–C–N with tert-alkyl or cyclic N) is 1. The molecular weight excluding hydrogens is 518 g/mol. The summed E-state index contributed by atoms with van der Waals surface area (Å²) in [4.78, 5) is 9.72. The highest BCUT2D eigenvalue weighted by molar-refractivity contribution is 7.91. The van der Waals surface area contributed by atoms with Crippen molar-refractivity contribution in [3.05, 3.63) is 52.8 Å². The first-order chi connectivity index (χ1) is 17.1. The van der Waals surface area contributed by atoms with Crippen LogP contribution < -0.4 is 10.5 Å². The van der Waals surface area contributed by atoms with E-state index < -0.39 is 22.5 Å². The van der Waals surface area contributed by atoms with E-state index in [9.17, 15) is 22.3 Å². The maximum Gasteiger partial charge on any atom is 0.333 e. The zero-order valence-corrected chi connectivity index (χ0v) is 20.7. The largest absolute Gasteiger partial charge is 0.492 e. The summed E-state index contributed by atoms with van der Waals surface area (Å²) >= 11 is 5.98. The number of nitrogen functional groups attached to an aromatic ring is 1. The lowest BCUT2D eigenvalue weighted by Gasteiger charge is -2.21. The van der Waals surface area contributed by atoms with Crippen LogP contribution in [0.4, 0.5) is 14.7 Å². The van der Waals surface area contributed by atoms with Crippen molar-refractivity contribution >= 4 is 27.4 Å². The lowest BCUT2D eigenvalue weighted by Crippen LogP contribution is -2.35. The Morgan fingerprint density at radius 2 is 2.03 bits per heavy atom. The number of halogens is 3. The number of para-hydroxylation sites is 1. The molecule has 1 unspecified atom stereocenters. The van der Waals surface area contributed by atoms with Crippen molar-refractivity contribution in [1.82, 2.24) is 24.6 Å². The van der Waals surface area contributed by atoms with E-state index in [1.54, 1.807) is 18.2 Å². The van der Waals surface area contributed by atoms with Crippen molar-refractivity contribution in [2.75, 3.05) is 43.5 Å². The Hall–Kier alpha value is -2.87. The second-order valence-corrected chi connectivity index (χ2v) is 11.0. The molecule has 194 valence electrons. The first-order valence-corrected chi connectivity index (χ1v) is 13.3. The summed E-state index contributed by atoms with van der Waals surface area (Å²) in [5.74, 6) is 0.168. The van der Waals surface area contributed by atoms with Crippen LogP contribution in [0.15, 0.2) is 36.5 Å². The molecule has 3 aromatic rings. The minimum Gasteiger partial charge on any atom is -0.492 e. The van der Waals surface area contributed by atoms with Gasteiger partial charge in [-0.2, -0.15) is 13.9 Å². The Balaban J connectivity index is 1.51. The number of hydrogen-bond donors (Lipinski definition) is 2. The number of aliphatic hydroxyl groups is 1. The van der Waals surface area contributed by atoms with E-state index >= 15 is 0 Å². The van der Waals surface area contributed by atoms with E-state index in [-0.39, 0.29) is 53.6 Å². The number of nitrogens with two attached hydrogens (primary N) is 1. The molecule has 0 radical (unpaired) electrons. The van der Waals surface area contributed by atoms with Crippen molar-refractivity contribution in [1.29, 1.82) is 0 Å². The molecule has 1 saturated heterocycles. The van der Waals surface area contributed by atoms with E-state index in [4.69, 9.17) is 22.1 Å². The van der Waals surface area contributed by atoms with Gasteiger partial charge in [0.1, 0.15) is 23.2 Å². The molecule has 0 saturated carbocycles. The van der Waals surface area contributed by atoms with Crippen LogP contribution in [0.3, 0.4) is 0 Å². The number of nitrogens with zero attached hydrogens (tertiary/aromatic N) is 5. The van der Waals surface area contributed by atoms with E-state index in [2.05, 4.69) is 15.1 Å². The zero-order chi connectivity index (χ0) is 25.9. The second-order valence-electron chi connectivity index (χ2n) is 8.40. The average Bonchev–Trinajstić information content (AvgIpc) is 3.16. The third-order valence-corrected chi connectivity index (χ3v) is 7.51. The number of alkyl halides is 2. The van der Waals surface area contributed by atoms with Gasteiger partial charge in [-0.15, -0.1) is 0 Å². The van der Waals surface area contributed by atoms with Crippen LogP contribution in [-0.4, -0.2) is 82.0 Å². The molecule has 0 spiro atoms. The highest BCUT2D eigenvalue weighted by Gasteiger charge is 2.25. The Labute approximate surface area is 211 Å². The van der Waals surface area contributed by atoms with Crippen LogP contribution in [0.1, 0.15) is 17.7 Å². The predicted molar refractivity (Wildman–Crippen MR) is 130 cm³/mol. The van der Waals surface area contributed by atoms with Crippen molar-refractivity contribution in [2.24, 2.45) is 0 Å². The summed E-state index contributed by atoms with van der Waals surface area (Å²) in [6, 6.07) is 8.55. The summed E-state index contributed by atoms with van der Waals surface area (Å²) in [6.07, 6.45) is 0.501. The molecular formula is C22H25ClF2N6O4S. The molecule has 1 aromatic carbocycles. The molecule has 10 nitrogen and oxygen atoms in total. The molecule has 3 heterocycles. The topological polar surface area (TPSA) is 136 Å². The Kier molecular flexibility index (Phi) is 8.03. The minimum atomic E-state index is -3.28. The van der Waals surface area contributed by atoms with E-state index in [1.165, 1.54) is 12.3 Å². The SMILES string of the molecule is Nc1nc(Cl)cc(-c2nn(C(F)F)cc2Cc2ccccc2OCCN2CCS(=O)(=O)CC(O)C2)n1. The van der Waals surface area contributed by atoms with Gasteiger partial charge in [0.25, 0.3) is 0 Å². The van der Waals surface area contributed by atoms with Crippen LogP contribution >= 0.6 is 11.6 Å². The number of anilines is 1. The maximum atomic E-state index is 13.4. The fourth-order valence-electron chi connectivity index (χ4n) is 4.00. The average molecular weight is 543 g/mol. The molecule has 1 fully saturated rings. The number of hydrogen-bond acceptors (Lipinski definition) is 9. The van der Waals surface area contributed by atoms with E-state index in [0.717, 1.165) is 5.56 Å².